The highest BCUT2D eigenvalue weighted by Crippen LogP contribution is 2.32. The molecule has 4 nitrogen and oxygen atoms in total. The molecule has 0 aromatic heterocycles. The zero-order valence-electron chi connectivity index (χ0n) is 9.92. The molecule has 0 aromatic rings. The van der Waals surface area contributed by atoms with E-state index in [1.54, 1.807) is 0 Å². The van der Waals surface area contributed by atoms with Gasteiger partial charge in [0.25, 0.3) is 0 Å². The second-order valence-electron chi connectivity index (χ2n) is 4.40. The van der Waals surface area contributed by atoms with E-state index in [0.717, 1.165) is 0 Å². The van der Waals surface area contributed by atoms with Crippen LogP contribution in [0.2, 0.25) is 0 Å². The van der Waals surface area contributed by atoms with E-state index in [0.29, 0.717) is 0 Å². The first-order chi connectivity index (χ1) is 7.62. The highest BCUT2D eigenvalue weighted by atomic mass is 19.4. The van der Waals surface area contributed by atoms with Gasteiger partial charge in [-0.2, -0.15) is 13.2 Å². The Hall–Kier alpha value is -0.820. The molecule has 0 bridgehead atoms. The summed E-state index contributed by atoms with van der Waals surface area (Å²) in [6, 6.07) is -0.576. The van der Waals surface area contributed by atoms with Gasteiger partial charge in [-0.15, -0.1) is 0 Å². The van der Waals surface area contributed by atoms with E-state index in [-0.39, 0.29) is 19.0 Å². The molecule has 0 aromatic carbocycles. The van der Waals surface area contributed by atoms with Gasteiger partial charge in [-0.05, 0) is 6.42 Å². The van der Waals surface area contributed by atoms with Crippen LogP contribution in [-0.2, 0) is 4.79 Å². The van der Waals surface area contributed by atoms with Crippen LogP contribution in [-0.4, -0.2) is 35.9 Å². The Morgan fingerprint density at radius 1 is 1.41 bits per heavy atom. The number of carboxylic acids is 1. The van der Waals surface area contributed by atoms with E-state index >= 15 is 0 Å². The van der Waals surface area contributed by atoms with Gasteiger partial charge in [-0.25, -0.2) is 0 Å². The zero-order chi connectivity index (χ0) is 13.6. The molecule has 102 valence electrons. The number of rotatable bonds is 7. The van der Waals surface area contributed by atoms with Crippen LogP contribution in [0.1, 0.15) is 26.7 Å². The highest BCUT2D eigenvalue weighted by Gasteiger charge is 2.41. The van der Waals surface area contributed by atoms with Gasteiger partial charge in [-0.3, -0.25) is 4.79 Å². The second-order valence-corrected chi connectivity index (χ2v) is 4.40. The summed E-state index contributed by atoms with van der Waals surface area (Å²) in [5, 5.41) is 11.3. The molecule has 0 heterocycles. The average Bonchev–Trinajstić information content (AvgIpc) is 2.11. The van der Waals surface area contributed by atoms with Crippen molar-refractivity contribution < 1.29 is 23.1 Å². The summed E-state index contributed by atoms with van der Waals surface area (Å²) in [4.78, 5) is 10.3. The molecule has 4 N–H and O–H groups in total. The molecule has 0 radical (unpaired) electrons. The maximum Gasteiger partial charge on any atom is 0.392 e. The van der Waals surface area contributed by atoms with Crippen LogP contribution in [0.4, 0.5) is 13.2 Å². The van der Waals surface area contributed by atoms with Crippen molar-refractivity contribution >= 4 is 5.97 Å². The van der Waals surface area contributed by atoms with E-state index in [1.807, 2.05) is 13.8 Å². The molecule has 2 atom stereocenters. The number of hydrogen-bond donors (Lipinski definition) is 3. The summed E-state index contributed by atoms with van der Waals surface area (Å²) in [5.41, 5.74) is 5.54. The lowest BCUT2D eigenvalue weighted by Gasteiger charge is -2.23. The Bertz CT molecular complexity index is 244. The zero-order valence-corrected chi connectivity index (χ0v) is 9.92. The highest BCUT2D eigenvalue weighted by molar-refractivity contribution is 5.67. The van der Waals surface area contributed by atoms with E-state index in [1.165, 1.54) is 0 Å². The smallest absolute Gasteiger partial charge is 0.392 e. The number of alkyl halides is 3. The quantitative estimate of drug-likeness (QED) is 0.643. The predicted molar refractivity (Wildman–Crippen MR) is 57.5 cm³/mol. The number of hydrogen-bond acceptors (Lipinski definition) is 3. The van der Waals surface area contributed by atoms with Crippen LogP contribution in [0.3, 0.4) is 0 Å². The lowest BCUT2D eigenvalue weighted by atomic mass is 9.96. The van der Waals surface area contributed by atoms with Gasteiger partial charge in [-0.1, -0.05) is 13.8 Å². The maximum absolute atomic E-state index is 12.5. The Morgan fingerprint density at radius 2 is 1.94 bits per heavy atom. The normalized spacial score (nSPS) is 15.9. The maximum atomic E-state index is 12.5. The summed E-state index contributed by atoms with van der Waals surface area (Å²) in [6.07, 6.45) is -5.83. The third-order valence-corrected chi connectivity index (χ3v) is 2.26. The molecule has 0 fully saturated rings. The topological polar surface area (TPSA) is 75.3 Å². The number of carbonyl (C=O) groups is 1. The fraction of sp³-hybridized carbons (Fsp3) is 0.900. The monoisotopic (exact) mass is 256 g/mol. The van der Waals surface area contributed by atoms with Gasteiger partial charge in [0, 0.05) is 18.6 Å². The standard InChI is InChI=1S/C10H19F3N2O2/c1-6(2)15-5-8(14)3-7(4-9(16)17)10(11,12)13/h6-8,15H,3-5,14H2,1-2H3,(H,16,17)/t7-,8+/m0/s1. The SMILES string of the molecule is CC(C)NC[C@H](N)C[C@@H](CC(=O)O)C(F)(F)F. The van der Waals surface area contributed by atoms with Crippen LogP contribution in [0.25, 0.3) is 0 Å². The van der Waals surface area contributed by atoms with Gasteiger partial charge in [0.15, 0.2) is 0 Å². The third kappa shape index (κ3) is 7.98. The van der Waals surface area contributed by atoms with Crippen molar-refractivity contribution in [3.63, 3.8) is 0 Å². The van der Waals surface area contributed by atoms with Crippen LogP contribution < -0.4 is 11.1 Å². The van der Waals surface area contributed by atoms with Gasteiger partial charge in [0.05, 0.1) is 12.3 Å². The summed E-state index contributed by atoms with van der Waals surface area (Å²) >= 11 is 0. The number of carboxylic acid groups (broad SMARTS) is 1. The minimum absolute atomic E-state index is 0.130. The molecule has 0 aliphatic heterocycles. The Labute approximate surface area is 98.4 Å². The Balaban J connectivity index is 4.28. The number of nitrogens with one attached hydrogen (secondary N) is 1. The molecule has 0 aliphatic rings. The van der Waals surface area contributed by atoms with Crippen LogP contribution in [0, 0.1) is 5.92 Å². The number of aliphatic carboxylic acids is 1. The molecule has 0 saturated heterocycles. The largest absolute Gasteiger partial charge is 0.481 e. The first-order valence-electron chi connectivity index (χ1n) is 5.40. The summed E-state index contributed by atoms with van der Waals surface area (Å²) in [7, 11) is 0. The Kier molecular flexibility index (Phi) is 6.48. The third-order valence-electron chi connectivity index (χ3n) is 2.26. The van der Waals surface area contributed by atoms with Crippen molar-refractivity contribution in [1.29, 1.82) is 0 Å². The van der Waals surface area contributed by atoms with E-state index in [2.05, 4.69) is 5.32 Å². The van der Waals surface area contributed by atoms with Gasteiger partial charge in [0.2, 0.25) is 0 Å². The average molecular weight is 256 g/mol. The van der Waals surface area contributed by atoms with Gasteiger partial charge >= 0.3 is 12.1 Å². The van der Waals surface area contributed by atoms with E-state index in [9.17, 15) is 18.0 Å². The molecule has 0 saturated carbocycles. The molecule has 0 spiro atoms. The van der Waals surface area contributed by atoms with Gasteiger partial charge < -0.3 is 16.2 Å². The molecule has 0 amide bonds. The van der Waals surface area contributed by atoms with Crippen molar-refractivity contribution in [2.45, 2.75) is 44.9 Å². The molecular weight excluding hydrogens is 237 g/mol. The minimum Gasteiger partial charge on any atom is -0.481 e. The van der Waals surface area contributed by atoms with Crippen LogP contribution >= 0.6 is 0 Å². The molecule has 0 unspecified atom stereocenters. The fourth-order valence-electron chi connectivity index (χ4n) is 1.38. The summed E-state index contributed by atoms with van der Waals surface area (Å²) in [6.45, 7) is 3.94. The molecule has 7 heteroatoms. The van der Waals surface area contributed by atoms with E-state index in [4.69, 9.17) is 10.8 Å². The lowest BCUT2D eigenvalue weighted by molar-refractivity contribution is -0.185. The molecule has 0 rings (SSSR count). The van der Waals surface area contributed by atoms with Crippen molar-refractivity contribution in [3.05, 3.63) is 0 Å². The van der Waals surface area contributed by atoms with Crippen molar-refractivity contribution in [2.75, 3.05) is 6.54 Å². The molecule has 17 heavy (non-hydrogen) atoms. The van der Waals surface area contributed by atoms with Crippen LogP contribution in [0.5, 0.6) is 0 Å². The van der Waals surface area contributed by atoms with Crippen LogP contribution in [0.15, 0.2) is 0 Å². The first-order valence-corrected chi connectivity index (χ1v) is 5.40. The molecular formula is C10H19F3N2O2. The van der Waals surface area contributed by atoms with E-state index < -0.39 is 30.5 Å². The first kappa shape index (κ1) is 16.2. The number of halogens is 3. The predicted octanol–water partition coefficient (Wildman–Crippen LogP) is 1.35. The Morgan fingerprint density at radius 3 is 2.29 bits per heavy atom. The molecule has 0 aliphatic carbocycles. The summed E-state index contributed by atoms with van der Waals surface area (Å²) < 4.78 is 37.5. The fourth-order valence-corrected chi connectivity index (χ4v) is 1.38. The second kappa shape index (κ2) is 6.80. The van der Waals surface area contributed by atoms with Crippen molar-refractivity contribution in [2.24, 2.45) is 11.7 Å². The summed E-state index contributed by atoms with van der Waals surface area (Å²) in [5.74, 6) is -3.35. The lowest BCUT2D eigenvalue weighted by Crippen LogP contribution is -2.41. The number of nitrogens with two attached hydrogens (primary N) is 1. The van der Waals surface area contributed by atoms with Gasteiger partial charge in [0.1, 0.15) is 0 Å². The minimum atomic E-state index is -4.52. The van der Waals surface area contributed by atoms with Crippen molar-refractivity contribution in [1.82, 2.24) is 5.32 Å². The van der Waals surface area contributed by atoms with Crippen molar-refractivity contribution in [3.8, 4) is 0 Å².